The molecule has 2 aliphatic rings. The zero-order valence-corrected chi connectivity index (χ0v) is 15.2. The highest BCUT2D eigenvalue weighted by Crippen LogP contribution is 2.47. The van der Waals surface area contributed by atoms with E-state index in [9.17, 15) is 19.5 Å². The van der Waals surface area contributed by atoms with Crippen molar-refractivity contribution in [3.05, 3.63) is 28.8 Å². The molecule has 1 spiro atoms. The normalized spacial score (nSPS) is 18.2. The Morgan fingerprint density at radius 2 is 1.92 bits per heavy atom. The molecule has 0 aromatic heterocycles. The fourth-order valence-corrected chi connectivity index (χ4v) is 3.62. The number of carbonyl (C=O) groups excluding carboxylic acids is 2. The molecule has 2 heterocycles. The lowest BCUT2D eigenvalue weighted by Crippen LogP contribution is -2.47. The Morgan fingerprint density at radius 1 is 1.27 bits per heavy atom. The number of nitrogens with zero attached hydrogens (tertiary/aromatic N) is 1. The SMILES string of the molecule is CC(C)(C)OC(=O)N1CCC2(CC1)COc1c2ccc(C(=O)O)c1C=O. The summed E-state index contributed by atoms with van der Waals surface area (Å²) < 4.78 is 11.2. The van der Waals surface area contributed by atoms with E-state index in [-0.39, 0.29) is 22.6 Å². The van der Waals surface area contributed by atoms with Crippen LogP contribution in [0.15, 0.2) is 12.1 Å². The van der Waals surface area contributed by atoms with Crippen molar-refractivity contribution in [1.29, 1.82) is 0 Å². The van der Waals surface area contributed by atoms with Gasteiger partial charge < -0.3 is 19.5 Å². The molecule has 1 fully saturated rings. The maximum Gasteiger partial charge on any atom is 0.410 e. The molecular weight excluding hydrogens is 338 g/mol. The second-order valence-corrected chi connectivity index (χ2v) is 7.86. The largest absolute Gasteiger partial charge is 0.492 e. The molecule has 0 atom stereocenters. The van der Waals surface area contributed by atoms with Gasteiger partial charge in [-0.2, -0.15) is 0 Å². The van der Waals surface area contributed by atoms with Crippen LogP contribution in [0.3, 0.4) is 0 Å². The number of ether oxygens (including phenoxy) is 2. The van der Waals surface area contributed by atoms with Crippen LogP contribution in [0.1, 0.15) is 59.9 Å². The van der Waals surface area contributed by atoms with Crippen molar-refractivity contribution in [2.75, 3.05) is 19.7 Å². The topological polar surface area (TPSA) is 93.1 Å². The lowest BCUT2D eigenvalue weighted by molar-refractivity contribution is 0.0152. The molecular formula is C19H23NO6. The van der Waals surface area contributed by atoms with Gasteiger partial charge in [0, 0.05) is 24.1 Å². The van der Waals surface area contributed by atoms with Gasteiger partial charge in [0.15, 0.2) is 6.29 Å². The molecule has 2 aliphatic heterocycles. The van der Waals surface area contributed by atoms with Crippen LogP contribution in [0.2, 0.25) is 0 Å². The molecule has 1 saturated heterocycles. The second-order valence-electron chi connectivity index (χ2n) is 7.86. The first-order valence-corrected chi connectivity index (χ1v) is 8.63. The van der Waals surface area contributed by atoms with Crippen molar-refractivity contribution in [2.24, 2.45) is 0 Å². The van der Waals surface area contributed by atoms with Crippen LogP contribution < -0.4 is 4.74 Å². The first-order chi connectivity index (χ1) is 12.2. The van der Waals surface area contributed by atoms with Gasteiger partial charge in [-0.3, -0.25) is 4.79 Å². The lowest BCUT2D eigenvalue weighted by atomic mass is 9.74. The number of hydrogen-bond donors (Lipinski definition) is 1. The van der Waals surface area contributed by atoms with Gasteiger partial charge >= 0.3 is 12.1 Å². The average molecular weight is 361 g/mol. The van der Waals surface area contributed by atoms with Crippen molar-refractivity contribution in [1.82, 2.24) is 4.90 Å². The molecule has 7 heteroatoms. The summed E-state index contributed by atoms with van der Waals surface area (Å²) in [5, 5.41) is 9.25. The zero-order chi connectivity index (χ0) is 19.1. The van der Waals surface area contributed by atoms with Gasteiger partial charge in [0.1, 0.15) is 11.4 Å². The minimum Gasteiger partial charge on any atom is -0.492 e. The van der Waals surface area contributed by atoms with Gasteiger partial charge in [0.25, 0.3) is 0 Å². The number of carbonyl (C=O) groups is 3. The number of rotatable bonds is 2. The van der Waals surface area contributed by atoms with E-state index in [4.69, 9.17) is 9.47 Å². The number of aromatic carboxylic acids is 1. The number of piperidine rings is 1. The molecule has 1 aromatic rings. The number of benzene rings is 1. The lowest BCUT2D eigenvalue weighted by Gasteiger charge is -2.38. The fourth-order valence-electron chi connectivity index (χ4n) is 3.62. The van der Waals surface area contributed by atoms with Crippen LogP contribution in [0.4, 0.5) is 4.79 Å². The molecule has 1 amide bonds. The van der Waals surface area contributed by atoms with E-state index in [0.29, 0.717) is 44.6 Å². The van der Waals surface area contributed by atoms with Crippen LogP contribution in [0, 0.1) is 0 Å². The van der Waals surface area contributed by atoms with Crippen LogP contribution in [-0.4, -0.2) is 53.7 Å². The molecule has 1 N–H and O–H groups in total. The van der Waals surface area contributed by atoms with E-state index in [1.54, 1.807) is 11.0 Å². The molecule has 0 bridgehead atoms. The average Bonchev–Trinajstić information content (AvgIpc) is 2.91. The number of hydrogen-bond acceptors (Lipinski definition) is 5. The van der Waals surface area contributed by atoms with Crippen molar-refractivity contribution >= 4 is 18.3 Å². The molecule has 0 saturated carbocycles. The van der Waals surface area contributed by atoms with E-state index >= 15 is 0 Å². The minimum atomic E-state index is -1.15. The van der Waals surface area contributed by atoms with Crippen LogP contribution in [-0.2, 0) is 10.2 Å². The predicted molar refractivity (Wildman–Crippen MR) is 93.0 cm³/mol. The summed E-state index contributed by atoms with van der Waals surface area (Å²) in [6, 6.07) is 3.20. The Labute approximate surface area is 151 Å². The molecule has 0 unspecified atom stereocenters. The Balaban J connectivity index is 1.81. The minimum absolute atomic E-state index is 0.0537. The third-order valence-electron chi connectivity index (χ3n) is 4.98. The predicted octanol–water partition coefficient (Wildman–Crippen LogP) is 2.86. The smallest absolute Gasteiger partial charge is 0.410 e. The van der Waals surface area contributed by atoms with Crippen LogP contribution >= 0.6 is 0 Å². The summed E-state index contributed by atoms with van der Waals surface area (Å²) >= 11 is 0. The van der Waals surface area contributed by atoms with Crippen LogP contribution in [0.25, 0.3) is 0 Å². The van der Waals surface area contributed by atoms with E-state index in [1.807, 2.05) is 20.8 Å². The van der Waals surface area contributed by atoms with Gasteiger partial charge in [-0.25, -0.2) is 9.59 Å². The Hall–Kier alpha value is -2.57. The van der Waals surface area contributed by atoms with Crippen LogP contribution in [0.5, 0.6) is 5.75 Å². The maximum atomic E-state index is 12.2. The van der Waals surface area contributed by atoms with Crippen molar-refractivity contribution in [2.45, 2.75) is 44.6 Å². The summed E-state index contributed by atoms with van der Waals surface area (Å²) in [5.41, 5.74) is 0.0428. The first-order valence-electron chi connectivity index (χ1n) is 8.63. The summed E-state index contributed by atoms with van der Waals surface area (Å²) in [6.07, 6.45) is 1.55. The highest BCUT2D eigenvalue weighted by Gasteiger charge is 2.45. The summed E-state index contributed by atoms with van der Waals surface area (Å²) in [7, 11) is 0. The number of likely N-dealkylation sites (tertiary alicyclic amines) is 1. The van der Waals surface area contributed by atoms with E-state index in [1.165, 1.54) is 6.07 Å². The van der Waals surface area contributed by atoms with Gasteiger partial charge in [-0.05, 0) is 39.7 Å². The van der Waals surface area contributed by atoms with Gasteiger partial charge in [-0.1, -0.05) is 6.07 Å². The highest BCUT2D eigenvalue weighted by atomic mass is 16.6. The Morgan fingerprint density at radius 3 is 2.46 bits per heavy atom. The standard InChI is InChI=1S/C19H23NO6/c1-18(2,3)26-17(24)20-8-6-19(7-9-20)11-25-15-13(10-21)12(16(22)23)4-5-14(15)19/h4-5,10H,6-9,11H2,1-3H3,(H,22,23). The fraction of sp³-hybridized carbons (Fsp3) is 0.526. The third kappa shape index (κ3) is 3.13. The second kappa shape index (κ2) is 6.30. The van der Waals surface area contributed by atoms with E-state index < -0.39 is 11.6 Å². The molecule has 0 radical (unpaired) electrons. The molecule has 7 nitrogen and oxygen atoms in total. The Bertz CT molecular complexity index is 756. The molecule has 0 aliphatic carbocycles. The van der Waals surface area contributed by atoms with Gasteiger partial charge in [-0.15, -0.1) is 0 Å². The monoisotopic (exact) mass is 361 g/mol. The van der Waals surface area contributed by atoms with Gasteiger partial charge in [0.05, 0.1) is 17.7 Å². The number of amides is 1. The first kappa shape index (κ1) is 18.2. The quantitative estimate of drug-likeness (QED) is 0.814. The van der Waals surface area contributed by atoms with E-state index in [2.05, 4.69) is 0 Å². The maximum absolute atomic E-state index is 12.2. The number of fused-ring (bicyclic) bond motifs is 2. The summed E-state index contributed by atoms with van der Waals surface area (Å²) in [5.74, 6) is -0.787. The summed E-state index contributed by atoms with van der Waals surface area (Å²) in [6.45, 7) is 6.92. The Kier molecular flexibility index (Phi) is 4.42. The number of carboxylic acid groups (broad SMARTS) is 1. The van der Waals surface area contributed by atoms with Crippen molar-refractivity contribution in [3.8, 4) is 5.75 Å². The molecule has 3 rings (SSSR count). The summed E-state index contributed by atoms with van der Waals surface area (Å²) in [4.78, 5) is 36.7. The van der Waals surface area contributed by atoms with Crippen molar-refractivity contribution < 1.29 is 29.0 Å². The van der Waals surface area contributed by atoms with E-state index in [0.717, 1.165) is 5.56 Å². The van der Waals surface area contributed by atoms with Gasteiger partial charge in [0.2, 0.25) is 0 Å². The number of aldehydes is 1. The molecule has 140 valence electrons. The van der Waals surface area contributed by atoms with Crippen molar-refractivity contribution in [3.63, 3.8) is 0 Å². The zero-order valence-electron chi connectivity index (χ0n) is 15.2. The molecule has 26 heavy (non-hydrogen) atoms. The molecule has 1 aromatic carbocycles. The third-order valence-corrected chi connectivity index (χ3v) is 4.98. The highest BCUT2D eigenvalue weighted by molar-refractivity contribution is 5.99. The number of carboxylic acids is 1.